The number of para-hydroxylation sites is 1. The highest BCUT2D eigenvalue weighted by atomic mass is 16.2. The Morgan fingerprint density at radius 2 is 1.85 bits per heavy atom. The van der Waals surface area contributed by atoms with Crippen molar-refractivity contribution in [1.82, 2.24) is 20.4 Å². The lowest BCUT2D eigenvalue weighted by atomic mass is 9.78. The Labute approximate surface area is 158 Å². The number of rotatable bonds is 4. The molecular formula is C22H24N4O. The van der Waals surface area contributed by atoms with Crippen LogP contribution in [0.15, 0.2) is 54.6 Å². The van der Waals surface area contributed by atoms with E-state index in [1.165, 1.54) is 18.4 Å². The summed E-state index contributed by atoms with van der Waals surface area (Å²) in [7, 11) is 2.22. The summed E-state index contributed by atoms with van der Waals surface area (Å²) in [5, 5.41) is 11.5. The van der Waals surface area contributed by atoms with E-state index in [1.807, 2.05) is 30.3 Å². The first-order valence-electron chi connectivity index (χ1n) is 9.71. The van der Waals surface area contributed by atoms with Crippen molar-refractivity contribution < 1.29 is 4.79 Å². The van der Waals surface area contributed by atoms with Crippen LogP contribution in [0.25, 0.3) is 10.9 Å². The number of hydrogen-bond donors (Lipinski definition) is 2. The number of nitrogens with zero attached hydrogens (tertiary/aromatic N) is 2. The minimum Gasteiger partial charge on any atom is -0.342 e. The summed E-state index contributed by atoms with van der Waals surface area (Å²) < 4.78 is 0. The van der Waals surface area contributed by atoms with Gasteiger partial charge in [-0.05, 0) is 44.4 Å². The second-order valence-electron chi connectivity index (χ2n) is 7.88. The minimum atomic E-state index is -0.112. The van der Waals surface area contributed by atoms with Crippen LogP contribution in [0.5, 0.6) is 0 Å². The number of aromatic nitrogens is 2. The molecule has 1 amide bonds. The number of carbonyl (C=O) groups is 1. The fourth-order valence-corrected chi connectivity index (χ4v) is 5.21. The quantitative estimate of drug-likeness (QED) is 0.746. The number of H-pyrrole nitrogens is 1. The monoisotopic (exact) mass is 360 g/mol. The number of nitrogens with one attached hydrogen (secondary N) is 2. The van der Waals surface area contributed by atoms with Gasteiger partial charge >= 0.3 is 0 Å². The zero-order valence-electron chi connectivity index (χ0n) is 15.5. The molecule has 138 valence electrons. The van der Waals surface area contributed by atoms with Gasteiger partial charge in [0.25, 0.3) is 5.91 Å². The van der Waals surface area contributed by atoms with Crippen LogP contribution in [0.2, 0.25) is 0 Å². The van der Waals surface area contributed by atoms with E-state index < -0.39 is 0 Å². The minimum absolute atomic E-state index is 0.00616. The van der Waals surface area contributed by atoms with E-state index in [4.69, 9.17) is 0 Å². The summed E-state index contributed by atoms with van der Waals surface area (Å²) in [6.07, 6.45) is 4.66. The van der Waals surface area contributed by atoms with E-state index in [1.54, 1.807) is 0 Å². The normalized spacial score (nSPS) is 25.7. The number of amides is 1. The Morgan fingerprint density at radius 3 is 2.56 bits per heavy atom. The fourth-order valence-electron chi connectivity index (χ4n) is 5.21. The van der Waals surface area contributed by atoms with E-state index >= 15 is 0 Å². The second-order valence-corrected chi connectivity index (χ2v) is 7.88. The summed E-state index contributed by atoms with van der Waals surface area (Å²) in [5.74, 6) is -0.112. The van der Waals surface area contributed by atoms with Gasteiger partial charge in [-0.1, -0.05) is 48.5 Å². The Bertz CT molecular complexity index is 972. The van der Waals surface area contributed by atoms with Gasteiger partial charge < -0.3 is 5.32 Å². The third-order valence-electron chi connectivity index (χ3n) is 6.70. The number of carbonyl (C=O) groups excluding carboxylic acids is 1. The van der Waals surface area contributed by atoms with Gasteiger partial charge in [0.1, 0.15) is 0 Å². The summed E-state index contributed by atoms with van der Waals surface area (Å²) in [6.45, 7) is 0. The first-order chi connectivity index (χ1) is 13.2. The van der Waals surface area contributed by atoms with Gasteiger partial charge in [-0.2, -0.15) is 5.10 Å². The average Bonchev–Trinajstić information content (AvgIpc) is 3.38. The fraction of sp³-hybridized carbons (Fsp3) is 0.364. The van der Waals surface area contributed by atoms with E-state index in [-0.39, 0.29) is 17.5 Å². The zero-order chi connectivity index (χ0) is 18.4. The number of fused-ring (bicyclic) bond motifs is 3. The van der Waals surface area contributed by atoms with Crippen molar-refractivity contribution in [3.63, 3.8) is 0 Å². The third-order valence-corrected chi connectivity index (χ3v) is 6.70. The highest BCUT2D eigenvalue weighted by Crippen LogP contribution is 2.51. The molecule has 0 saturated carbocycles. The highest BCUT2D eigenvalue weighted by Gasteiger charge is 2.54. The zero-order valence-corrected chi connectivity index (χ0v) is 15.5. The van der Waals surface area contributed by atoms with Crippen molar-refractivity contribution in [3.05, 3.63) is 65.9 Å². The molecule has 2 N–H and O–H groups in total. The molecule has 2 saturated heterocycles. The number of hydrogen-bond acceptors (Lipinski definition) is 3. The second kappa shape index (κ2) is 6.20. The van der Waals surface area contributed by atoms with Crippen molar-refractivity contribution in [2.45, 2.75) is 43.3 Å². The summed E-state index contributed by atoms with van der Waals surface area (Å²) >= 11 is 0. The molecule has 0 aliphatic carbocycles. The predicted molar refractivity (Wildman–Crippen MR) is 105 cm³/mol. The van der Waals surface area contributed by atoms with Crippen LogP contribution in [0.3, 0.4) is 0 Å². The van der Waals surface area contributed by atoms with Gasteiger partial charge in [-0.3, -0.25) is 14.8 Å². The Balaban J connectivity index is 1.53. The van der Waals surface area contributed by atoms with Crippen molar-refractivity contribution in [1.29, 1.82) is 0 Å². The Morgan fingerprint density at radius 1 is 1.15 bits per heavy atom. The maximum Gasteiger partial charge on any atom is 0.272 e. The Kier molecular flexibility index (Phi) is 3.79. The van der Waals surface area contributed by atoms with E-state index in [9.17, 15) is 4.79 Å². The molecular weight excluding hydrogens is 336 g/mol. The molecule has 3 heterocycles. The average molecular weight is 360 g/mol. The lowest BCUT2D eigenvalue weighted by molar-refractivity contribution is 0.0834. The molecule has 0 spiro atoms. The lowest BCUT2D eigenvalue weighted by Gasteiger charge is -2.40. The highest BCUT2D eigenvalue weighted by molar-refractivity contribution is 6.04. The number of benzene rings is 2. The van der Waals surface area contributed by atoms with Crippen molar-refractivity contribution in [3.8, 4) is 0 Å². The molecule has 2 aliphatic rings. The smallest absolute Gasteiger partial charge is 0.272 e. The largest absolute Gasteiger partial charge is 0.342 e. The van der Waals surface area contributed by atoms with Crippen LogP contribution in [0.1, 0.15) is 47.8 Å². The van der Waals surface area contributed by atoms with Crippen LogP contribution in [-0.4, -0.2) is 39.6 Å². The van der Waals surface area contributed by atoms with Crippen LogP contribution in [0, 0.1) is 0 Å². The van der Waals surface area contributed by atoms with Crippen LogP contribution in [0.4, 0.5) is 0 Å². The van der Waals surface area contributed by atoms with Crippen molar-refractivity contribution >= 4 is 16.8 Å². The SMILES string of the molecule is CN1C2CCC1(C(NC(=O)c1n[nH]c3ccccc13)c1ccccc1)CC2. The van der Waals surface area contributed by atoms with Gasteiger partial charge in [0.2, 0.25) is 0 Å². The van der Waals surface area contributed by atoms with E-state index in [2.05, 4.69) is 51.7 Å². The molecule has 27 heavy (non-hydrogen) atoms. The van der Waals surface area contributed by atoms with Crippen molar-refractivity contribution in [2.24, 2.45) is 0 Å². The van der Waals surface area contributed by atoms with E-state index in [0.29, 0.717) is 11.7 Å². The maximum absolute atomic E-state index is 13.2. The number of likely N-dealkylation sites (N-methyl/N-ethyl adjacent to an activating group) is 1. The molecule has 2 aromatic carbocycles. The topological polar surface area (TPSA) is 61.0 Å². The standard InChI is InChI=1S/C22H24N4O/c1-26-16-11-13-22(26,14-12-16)20(15-7-3-2-4-8-15)23-21(27)19-17-9-5-6-10-18(17)24-25-19/h2-10,16,20H,11-14H2,1H3,(H,23,27)(H,24,25). The third kappa shape index (κ3) is 2.49. The maximum atomic E-state index is 13.2. The molecule has 5 rings (SSSR count). The van der Waals surface area contributed by atoms with Crippen molar-refractivity contribution in [2.75, 3.05) is 7.05 Å². The van der Waals surface area contributed by atoms with Gasteiger partial charge in [-0.25, -0.2) is 0 Å². The first-order valence-corrected chi connectivity index (χ1v) is 9.71. The van der Waals surface area contributed by atoms with Gasteiger partial charge in [0.15, 0.2) is 5.69 Å². The predicted octanol–water partition coefficient (Wildman–Crippen LogP) is 3.66. The molecule has 3 aromatic rings. The molecule has 1 unspecified atom stereocenters. The molecule has 2 bridgehead atoms. The van der Waals surface area contributed by atoms with Crippen LogP contribution < -0.4 is 5.32 Å². The van der Waals surface area contributed by atoms with Crippen LogP contribution in [-0.2, 0) is 0 Å². The summed E-state index contributed by atoms with van der Waals surface area (Å²) in [4.78, 5) is 15.7. The summed E-state index contributed by atoms with van der Waals surface area (Å²) in [6, 6.07) is 18.7. The Hall–Kier alpha value is -2.66. The van der Waals surface area contributed by atoms with Gasteiger partial charge in [0, 0.05) is 17.0 Å². The first kappa shape index (κ1) is 16.5. The van der Waals surface area contributed by atoms with Crippen LogP contribution >= 0.6 is 0 Å². The summed E-state index contributed by atoms with van der Waals surface area (Å²) in [5.41, 5.74) is 2.52. The molecule has 2 aliphatic heterocycles. The molecule has 5 heteroatoms. The lowest BCUT2D eigenvalue weighted by Crippen LogP contribution is -2.51. The molecule has 0 radical (unpaired) electrons. The number of aromatic amines is 1. The van der Waals surface area contributed by atoms with Gasteiger partial charge in [-0.15, -0.1) is 0 Å². The molecule has 1 aromatic heterocycles. The molecule has 2 fully saturated rings. The van der Waals surface area contributed by atoms with Gasteiger partial charge in [0.05, 0.1) is 11.6 Å². The molecule has 1 atom stereocenters. The van der Waals surface area contributed by atoms with E-state index in [0.717, 1.165) is 23.7 Å². The molecule has 5 nitrogen and oxygen atoms in total.